The van der Waals surface area contributed by atoms with Crippen molar-refractivity contribution in [1.29, 1.82) is 0 Å². The monoisotopic (exact) mass is 432 g/mol. The predicted octanol–water partition coefficient (Wildman–Crippen LogP) is 5.53. The van der Waals surface area contributed by atoms with Crippen LogP contribution in [0.25, 0.3) is 5.57 Å². The van der Waals surface area contributed by atoms with E-state index < -0.39 is 11.8 Å². The number of carbonyl (C=O) groups is 2. The van der Waals surface area contributed by atoms with Crippen LogP contribution in [0.2, 0.25) is 5.02 Å². The fourth-order valence-electron chi connectivity index (χ4n) is 3.40. The van der Waals surface area contributed by atoms with Gasteiger partial charge in [0.05, 0.1) is 22.9 Å². The minimum Gasteiger partial charge on any atom is -0.494 e. The molecule has 0 aromatic heterocycles. The number of amides is 2. The molecular weight excluding hydrogens is 412 g/mol. The van der Waals surface area contributed by atoms with Crippen LogP contribution in [0, 0.1) is 0 Å². The molecule has 0 saturated carbocycles. The number of ether oxygens (including phenoxy) is 1. The zero-order valence-corrected chi connectivity index (χ0v) is 17.7. The number of nitrogens with one attached hydrogen (secondary N) is 1. The van der Waals surface area contributed by atoms with Crippen molar-refractivity contribution in [3.63, 3.8) is 0 Å². The number of hydrogen-bond acceptors (Lipinski definition) is 4. The van der Waals surface area contributed by atoms with Gasteiger partial charge in [0.1, 0.15) is 11.4 Å². The summed E-state index contributed by atoms with van der Waals surface area (Å²) >= 11 is 6.30. The fraction of sp³-hybridized carbons (Fsp3) is 0.120. The van der Waals surface area contributed by atoms with Crippen molar-refractivity contribution in [3.8, 4) is 5.75 Å². The van der Waals surface area contributed by atoms with E-state index in [2.05, 4.69) is 5.32 Å². The van der Waals surface area contributed by atoms with Crippen molar-refractivity contribution in [2.24, 2.45) is 0 Å². The summed E-state index contributed by atoms with van der Waals surface area (Å²) < 4.78 is 5.69. The van der Waals surface area contributed by atoms with E-state index in [1.807, 2.05) is 43.3 Å². The lowest BCUT2D eigenvalue weighted by Crippen LogP contribution is -2.32. The first-order valence-electron chi connectivity index (χ1n) is 10.0. The molecule has 0 radical (unpaired) electrons. The Bertz CT molecular complexity index is 1160. The highest BCUT2D eigenvalue weighted by atomic mass is 35.5. The van der Waals surface area contributed by atoms with Crippen LogP contribution in [0.3, 0.4) is 0 Å². The first-order chi connectivity index (χ1) is 15.1. The summed E-state index contributed by atoms with van der Waals surface area (Å²) in [6.45, 7) is 2.63. The molecule has 1 heterocycles. The highest BCUT2D eigenvalue weighted by Gasteiger charge is 2.41. The van der Waals surface area contributed by atoms with Gasteiger partial charge in [-0.1, -0.05) is 67.1 Å². The van der Waals surface area contributed by atoms with E-state index in [9.17, 15) is 9.59 Å². The minimum absolute atomic E-state index is 0.198. The Hall–Kier alpha value is -3.57. The van der Waals surface area contributed by atoms with Crippen LogP contribution in [0.4, 0.5) is 11.4 Å². The van der Waals surface area contributed by atoms with Gasteiger partial charge in [0, 0.05) is 11.8 Å². The highest BCUT2D eigenvalue weighted by Crippen LogP contribution is 2.36. The maximum Gasteiger partial charge on any atom is 0.282 e. The molecule has 0 saturated heterocycles. The van der Waals surface area contributed by atoms with E-state index in [4.69, 9.17) is 16.3 Å². The van der Waals surface area contributed by atoms with E-state index in [0.29, 0.717) is 39.9 Å². The quantitative estimate of drug-likeness (QED) is 0.499. The Labute approximate surface area is 185 Å². The molecule has 31 heavy (non-hydrogen) atoms. The number of rotatable bonds is 7. The second kappa shape index (κ2) is 9.06. The Morgan fingerprint density at radius 3 is 2.39 bits per heavy atom. The van der Waals surface area contributed by atoms with Gasteiger partial charge in [-0.2, -0.15) is 0 Å². The number of halogens is 1. The molecule has 0 unspecified atom stereocenters. The van der Waals surface area contributed by atoms with E-state index in [0.717, 1.165) is 11.3 Å². The SMILES string of the molecule is CCCOc1cccc(NC2=C(c3ccccc3)C(=O)N(c3ccccc3Cl)C2=O)c1. The maximum absolute atomic E-state index is 13.4. The molecule has 3 aromatic rings. The van der Waals surface area contributed by atoms with Crippen LogP contribution in [-0.4, -0.2) is 18.4 Å². The Balaban J connectivity index is 1.76. The molecular formula is C25H21ClN2O3. The zero-order valence-electron chi connectivity index (χ0n) is 17.0. The topological polar surface area (TPSA) is 58.6 Å². The normalized spacial score (nSPS) is 13.7. The van der Waals surface area contributed by atoms with Crippen molar-refractivity contribution >= 4 is 40.4 Å². The Morgan fingerprint density at radius 1 is 0.903 bits per heavy atom. The van der Waals surface area contributed by atoms with E-state index in [-0.39, 0.29) is 5.70 Å². The molecule has 0 spiro atoms. The third kappa shape index (κ3) is 4.18. The lowest BCUT2D eigenvalue weighted by Gasteiger charge is -2.16. The van der Waals surface area contributed by atoms with Gasteiger partial charge in [-0.25, -0.2) is 4.90 Å². The number of para-hydroxylation sites is 1. The Morgan fingerprint density at radius 2 is 1.65 bits per heavy atom. The van der Waals surface area contributed by atoms with Crippen LogP contribution >= 0.6 is 11.6 Å². The molecule has 5 nitrogen and oxygen atoms in total. The summed E-state index contributed by atoms with van der Waals surface area (Å²) in [5, 5.41) is 3.48. The average molecular weight is 433 g/mol. The largest absolute Gasteiger partial charge is 0.494 e. The molecule has 2 amide bonds. The van der Waals surface area contributed by atoms with Crippen molar-refractivity contribution < 1.29 is 14.3 Å². The summed E-state index contributed by atoms with van der Waals surface area (Å²) in [4.78, 5) is 27.9. The van der Waals surface area contributed by atoms with Crippen LogP contribution in [0.15, 0.2) is 84.6 Å². The van der Waals surface area contributed by atoms with E-state index >= 15 is 0 Å². The van der Waals surface area contributed by atoms with Crippen molar-refractivity contribution in [1.82, 2.24) is 0 Å². The predicted molar refractivity (Wildman–Crippen MR) is 123 cm³/mol. The second-order valence-electron chi connectivity index (χ2n) is 7.01. The van der Waals surface area contributed by atoms with Crippen LogP contribution in [0.5, 0.6) is 5.75 Å². The molecule has 156 valence electrons. The number of nitrogens with zero attached hydrogens (tertiary/aromatic N) is 1. The standard InChI is InChI=1S/C25H21ClN2O3/c1-2-15-31-19-12-8-11-18(16-19)27-23-22(17-9-4-3-5-10-17)24(29)28(25(23)30)21-14-7-6-13-20(21)26/h3-14,16,27H,2,15H2,1H3. The van der Waals surface area contributed by atoms with Gasteiger partial charge in [-0.15, -0.1) is 0 Å². The molecule has 0 aliphatic carbocycles. The van der Waals surface area contributed by atoms with Crippen LogP contribution < -0.4 is 15.0 Å². The van der Waals surface area contributed by atoms with Crippen molar-refractivity contribution in [2.45, 2.75) is 13.3 Å². The van der Waals surface area contributed by atoms with Crippen LogP contribution in [0.1, 0.15) is 18.9 Å². The lowest BCUT2D eigenvalue weighted by atomic mass is 10.0. The van der Waals surface area contributed by atoms with Crippen LogP contribution in [-0.2, 0) is 9.59 Å². The van der Waals surface area contributed by atoms with Crippen molar-refractivity contribution in [3.05, 3.63) is 95.1 Å². The Kier molecular flexibility index (Phi) is 6.05. The third-order valence-corrected chi connectivity index (χ3v) is 5.14. The molecule has 0 bridgehead atoms. The summed E-state index contributed by atoms with van der Waals surface area (Å²) in [6.07, 6.45) is 0.890. The average Bonchev–Trinajstić information content (AvgIpc) is 3.03. The van der Waals surface area contributed by atoms with Crippen molar-refractivity contribution in [2.75, 3.05) is 16.8 Å². The second-order valence-corrected chi connectivity index (χ2v) is 7.42. The summed E-state index contributed by atoms with van der Waals surface area (Å²) in [7, 11) is 0. The first-order valence-corrected chi connectivity index (χ1v) is 10.4. The van der Waals surface area contributed by atoms with Gasteiger partial charge in [0.2, 0.25) is 0 Å². The smallest absolute Gasteiger partial charge is 0.282 e. The molecule has 1 N–H and O–H groups in total. The molecule has 6 heteroatoms. The first kappa shape index (κ1) is 20.7. The number of carbonyl (C=O) groups excluding carboxylic acids is 2. The van der Waals surface area contributed by atoms with Gasteiger partial charge in [0.15, 0.2) is 0 Å². The van der Waals surface area contributed by atoms with E-state index in [1.54, 1.807) is 42.5 Å². The molecule has 4 rings (SSSR count). The minimum atomic E-state index is -0.461. The number of imide groups is 1. The molecule has 0 atom stereocenters. The van der Waals surface area contributed by atoms with Gasteiger partial charge in [0.25, 0.3) is 11.8 Å². The third-order valence-electron chi connectivity index (χ3n) is 4.82. The molecule has 1 aliphatic heterocycles. The fourth-order valence-corrected chi connectivity index (χ4v) is 3.62. The number of hydrogen-bond donors (Lipinski definition) is 1. The summed E-state index contributed by atoms with van der Waals surface area (Å²) in [6, 6.07) is 23.2. The number of anilines is 2. The maximum atomic E-state index is 13.4. The van der Waals surface area contributed by atoms with Gasteiger partial charge >= 0.3 is 0 Å². The number of benzene rings is 3. The summed E-state index contributed by atoms with van der Waals surface area (Å²) in [5.41, 5.74) is 2.15. The van der Waals surface area contributed by atoms with Gasteiger partial charge in [-0.3, -0.25) is 9.59 Å². The summed E-state index contributed by atoms with van der Waals surface area (Å²) in [5.74, 6) is -0.199. The lowest BCUT2D eigenvalue weighted by molar-refractivity contribution is -0.120. The molecule has 0 fully saturated rings. The van der Waals surface area contributed by atoms with Gasteiger partial charge in [-0.05, 0) is 36.2 Å². The van der Waals surface area contributed by atoms with Gasteiger partial charge < -0.3 is 10.1 Å². The zero-order chi connectivity index (χ0) is 21.8. The molecule has 1 aliphatic rings. The highest BCUT2D eigenvalue weighted by molar-refractivity contribution is 6.48. The van der Waals surface area contributed by atoms with E-state index in [1.165, 1.54) is 0 Å². The molecule has 3 aromatic carbocycles.